The molecule has 4 nitrogen and oxygen atoms in total. The molecular weight excluding hydrogens is 305 g/mol. The highest BCUT2D eigenvalue weighted by Gasteiger charge is 2.19. The molecule has 6 heteroatoms. The molecule has 100 valence electrons. The average molecular weight is 320 g/mol. The van der Waals surface area contributed by atoms with Gasteiger partial charge in [0, 0.05) is 13.6 Å². The van der Waals surface area contributed by atoms with Crippen LogP contribution in [-0.4, -0.2) is 42.2 Å². The van der Waals surface area contributed by atoms with E-state index in [0.29, 0.717) is 10.2 Å². The number of rotatable bonds is 5. The maximum atomic E-state index is 12.9. The van der Waals surface area contributed by atoms with Gasteiger partial charge < -0.3 is 14.7 Å². The van der Waals surface area contributed by atoms with Crippen molar-refractivity contribution in [1.29, 1.82) is 0 Å². The minimum Gasteiger partial charge on any atom is -0.480 e. The Hall–Kier alpha value is -1.14. The van der Waals surface area contributed by atoms with Crippen molar-refractivity contribution < 1.29 is 19.0 Å². The number of hydrogen-bond donors (Lipinski definition) is 1. The Morgan fingerprint density at radius 2 is 2.28 bits per heavy atom. The predicted molar refractivity (Wildman–Crippen MR) is 68.9 cm³/mol. The summed E-state index contributed by atoms with van der Waals surface area (Å²) in [4.78, 5) is 13.2. The minimum absolute atomic E-state index is 0.102. The van der Waals surface area contributed by atoms with Crippen LogP contribution in [0.15, 0.2) is 22.7 Å². The zero-order valence-corrected chi connectivity index (χ0v) is 11.8. The highest BCUT2D eigenvalue weighted by molar-refractivity contribution is 9.10. The standard InChI is InChI=1S/C12H15BrFNO3/c1-8(12(17)15(2)5-6-16)18-11-4-3-9(14)7-10(11)13/h3-4,7-8,16H,5-6H2,1-2H3. The van der Waals surface area contributed by atoms with E-state index in [9.17, 15) is 9.18 Å². The molecule has 0 aliphatic heterocycles. The maximum absolute atomic E-state index is 12.9. The Labute approximate surface area is 113 Å². The molecule has 0 saturated carbocycles. The van der Waals surface area contributed by atoms with E-state index in [1.54, 1.807) is 14.0 Å². The summed E-state index contributed by atoms with van der Waals surface area (Å²) in [5.41, 5.74) is 0. The van der Waals surface area contributed by atoms with E-state index in [-0.39, 0.29) is 24.9 Å². The molecule has 1 aromatic carbocycles. The van der Waals surface area contributed by atoms with Gasteiger partial charge in [0.25, 0.3) is 5.91 Å². The predicted octanol–water partition coefficient (Wildman–Crippen LogP) is 1.81. The summed E-state index contributed by atoms with van der Waals surface area (Å²) in [6.07, 6.45) is -0.705. The van der Waals surface area contributed by atoms with Crippen LogP contribution in [-0.2, 0) is 4.79 Å². The summed E-state index contributed by atoms with van der Waals surface area (Å²) in [5, 5.41) is 8.75. The molecule has 1 rings (SSSR count). The Morgan fingerprint density at radius 3 is 2.83 bits per heavy atom. The van der Waals surface area contributed by atoms with Gasteiger partial charge in [0.1, 0.15) is 11.6 Å². The number of hydrogen-bond acceptors (Lipinski definition) is 3. The van der Waals surface area contributed by atoms with E-state index in [4.69, 9.17) is 9.84 Å². The number of aliphatic hydroxyl groups excluding tert-OH is 1. The zero-order chi connectivity index (χ0) is 13.7. The Kier molecular flexibility index (Phi) is 5.55. The number of benzene rings is 1. The lowest BCUT2D eigenvalue weighted by atomic mass is 10.3. The third kappa shape index (κ3) is 3.96. The molecule has 0 saturated heterocycles. The lowest BCUT2D eigenvalue weighted by molar-refractivity contribution is -0.137. The summed E-state index contributed by atoms with van der Waals surface area (Å²) in [6, 6.07) is 3.98. The van der Waals surface area contributed by atoms with E-state index in [0.717, 1.165) is 0 Å². The van der Waals surface area contributed by atoms with Crippen molar-refractivity contribution >= 4 is 21.8 Å². The average Bonchev–Trinajstić information content (AvgIpc) is 2.32. The molecule has 1 N–H and O–H groups in total. The van der Waals surface area contributed by atoms with Crippen molar-refractivity contribution in [3.63, 3.8) is 0 Å². The molecule has 0 radical (unpaired) electrons. The highest BCUT2D eigenvalue weighted by atomic mass is 79.9. The molecule has 0 heterocycles. The van der Waals surface area contributed by atoms with Gasteiger partial charge in [-0.3, -0.25) is 4.79 Å². The second-order valence-corrected chi connectivity index (χ2v) is 4.67. The van der Waals surface area contributed by atoms with Crippen LogP contribution in [0.2, 0.25) is 0 Å². The van der Waals surface area contributed by atoms with Gasteiger partial charge in [0.05, 0.1) is 11.1 Å². The smallest absolute Gasteiger partial charge is 0.263 e. The lowest BCUT2D eigenvalue weighted by Gasteiger charge is -2.21. The number of aliphatic hydroxyl groups is 1. The zero-order valence-electron chi connectivity index (χ0n) is 10.2. The van der Waals surface area contributed by atoms with Crippen molar-refractivity contribution in [2.24, 2.45) is 0 Å². The van der Waals surface area contributed by atoms with E-state index in [1.807, 2.05) is 0 Å². The number of amides is 1. The van der Waals surface area contributed by atoms with Gasteiger partial charge in [-0.15, -0.1) is 0 Å². The van der Waals surface area contributed by atoms with Gasteiger partial charge in [0.2, 0.25) is 0 Å². The SMILES string of the molecule is CC(Oc1ccc(F)cc1Br)C(=O)N(C)CCO. The van der Waals surface area contributed by atoms with Crippen molar-refractivity contribution in [3.8, 4) is 5.75 Å². The van der Waals surface area contributed by atoms with Crippen LogP contribution in [0, 0.1) is 5.82 Å². The van der Waals surface area contributed by atoms with Crippen molar-refractivity contribution in [2.45, 2.75) is 13.0 Å². The molecule has 0 aromatic heterocycles. The molecule has 18 heavy (non-hydrogen) atoms. The number of likely N-dealkylation sites (N-methyl/N-ethyl adjacent to an activating group) is 1. The van der Waals surface area contributed by atoms with Crippen LogP contribution in [0.5, 0.6) is 5.75 Å². The second kappa shape index (κ2) is 6.70. The van der Waals surface area contributed by atoms with Crippen LogP contribution in [0.25, 0.3) is 0 Å². The monoisotopic (exact) mass is 319 g/mol. The molecule has 0 bridgehead atoms. The van der Waals surface area contributed by atoms with Crippen LogP contribution < -0.4 is 4.74 Å². The molecular formula is C12H15BrFNO3. The van der Waals surface area contributed by atoms with E-state index >= 15 is 0 Å². The topological polar surface area (TPSA) is 49.8 Å². The van der Waals surface area contributed by atoms with Crippen LogP contribution >= 0.6 is 15.9 Å². The first-order chi connectivity index (χ1) is 8.45. The number of ether oxygens (including phenoxy) is 1. The molecule has 1 unspecified atom stereocenters. The third-order valence-electron chi connectivity index (χ3n) is 2.36. The lowest BCUT2D eigenvalue weighted by Crippen LogP contribution is -2.39. The highest BCUT2D eigenvalue weighted by Crippen LogP contribution is 2.26. The summed E-state index contributed by atoms with van der Waals surface area (Å²) >= 11 is 3.16. The van der Waals surface area contributed by atoms with Crippen molar-refractivity contribution in [2.75, 3.05) is 20.2 Å². The normalized spacial score (nSPS) is 12.1. The fraction of sp³-hybridized carbons (Fsp3) is 0.417. The summed E-state index contributed by atoms with van der Waals surface area (Å²) in [5.74, 6) is -0.236. The van der Waals surface area contributed by atoms with Crippen molar-refractivity contribution in [3.05, 3.63) is 28.5 Å². The molecule has 1 amide bonds. The van der Waals surface area contributed by atoms with Gasteiger partial charge in [-0.05, 0) is 41.1 Å². The summed E-state index contributed by atoms with van der Waals surface area (Å²) < 4.78 is 18.8. The number of carbonyl (C=O) groups excluding carboxylic acids is 1. The molecule has 0 fully saturated rings. The molecule has 0 aliphatic carbocycles. The summed E-state index contributed by atoms with van der Waals surface area (Å²) in [6.45, 7) is 1.75. The molecule has 0 spiro atoms. The fourth-order valence-electron chi connectivity index (χ4n) is 1.38. The Balaban J connectivity index is 2.69. The quantitative estimate of drug-likeness (QED) is 0.900. The van der Waals surface area contributed by atoms with Gasteiger partial charge in [-0.2, -0.15) is 0 Å². The largest absolute Gasteiger partial charge is 0.480 e. The van der Waals surface area contributed by atoms with Crippen LogP contribution in [0.3, 0.4) is 0 Å². The first-order valence-electron chi connectivity index (χ1n) is 5.43. The first-order valence-corrected chi connectivity index (χ1v) is 6.22. The second-order valence-electron chi connectivity index (χ2n) is 3.82. The van der Waals surface area contributed by atoms with Gasteiger partial charge >= 0.3 is 0 Å². The Bertz CT molecular complexity index is 428. The number of carbonyl (C=O) groups is 1. The summed E-state index contributed by atoms with van der Waals surface area (Å²) in [7, 11) is 1.58. The van der Waals surface area contributed by atoms with Crippen molar-refractivity contribution in [1.82, 2.24) is 4.90 Å². The Morgan fingerprint density at radius 1 is 1.61 bits per heavy atom. The van der Waals surface area contributed by atoms with Crippen LogP contribution in [0.4, 0.5) is 4.39 Å². The third-order valence-corrected chi connectivity index (χ3v) is 2.98. The van der Waals surface area contributed by atoms with Crippen LogP contribution in [0.1, 0.15) is 6.92 Å². The number of halogens is 2. The minimum atomic E-state index is -0.705. The molecule has 1 aromatic rings. The molecule has 0 aliphatic rings. The fourth-order valence-corrected chi connectivity index (χ4v) is 1.83. The van der Waals surface area contributed by atoms with Gasteiger partial charge in [-0.1, -0.05) is 0 Å². The maximum Gasteiger partial charge on any atom is 0.263 e. The number of nitrogens with zero attached hydrogens (tertiary/aromatic N) is 1. The van der Waals surface area contributed by atoms with E-state index < -0.39 is 6.10 Å². The first kappa shape index (κ1) is 14.9. The van der Waals surface area contributed by atoms with Gasteiger partial charge in [0.15, 0.2) is 6.10 Å². The van der Waals surface area contributed by atoms with E-state index in [2.05, 4.69) is 15.9 Å². The van der Waals surface area contributed by atoms with Gasteiger partial charge in [-0.25, -0.2) is 4.39 Å². The van der Waals surface area contributed by atoms with E-state index in [1.165, 1.54) is 23.1 Å². The molecule has 1 atom stereocenters.